The molecular weight excluding hydrogens is 286 g/mol. The van der Waals surface area contributed by atoms with E-state index in [4.69, 9.17) is 10.5 Å². The summed E-state index contributed by atoms with van der Waals surface area (Å²) >= 11 is 0. The molecule has 0 heterocycles. The Morgan fingerprint density at radius 3 is 2.33 bits per heavy atom. The zero-order chi connectivity index (χ0) is 15.5. The highest BCUT2D eigenvalue weighted by molar-refractivity contribution is 7.91. The van der Waals surface area contributed by atoms with Crippen molar-refractivity contribution in [2.45, 2.75) is 17.1 Å². The summed E-state index contributed by atoms with van der Waals surface area (Å²) in [6.45, 7) is 1.97. The Labute approximate surface area is 125 Å². The van der Waals surface area contributed by atoms with Gasteiger partial charge < -0.3 is 10.5 Å². The third-order valence-electron chi connectivity index (χ3n) is 3.39. The van der Waals surface area contributed by atoms with Gasteiger partial charge in [-0.25, -0.2) is 8.42 Å². The van der Waals surface area contributed by atoms with Crippen LogP contribution in [0.4, 0.5) is 0 Å². The van der Waals surface area contributed by atoms with Crippen molar-refractivity contribution in [3.8, 4) is 5.75 Å². The largest absolute Gasteiger partial charge is 0.497 e. The summed E-state index contributed by atoms with van der Waals surface area (Å²) in [6.07, 6.45) is 0. The number of hydrogen-bond donors (Lipinski definition) is 1. The number of rotatable bonds is 5. The molecule has 2 N–H and O–H groups in total. The van der Waals surface area contributed by atoms with Crippen LogP contribution in [0.5, 0.6) is 5.75 Å². The SMILES string of the molecule is COc1ccc(S(=O)(=O)[C@H](CN)c2cccc(C)c2)cc1. The molecule has 0 bridgehead atoms. The van der Waals surface area contributed by atoms with Gasteiger partial charge in [-0.3, -0.25) is 0 Å². The Balaban J connectivity index is 2.44. The van der Waals surface area contributed by atoms with Gasteiger partial charge in [0.25, 0.3) is 0 Å². The second-order valence-electron chi connectivity index (χ2n) is 4.86. The van der Waals surface area contributed by atoms with Crippen molar-refractivity contribution in [1.82, 2.24) is 0 Å². The van der Waals surface area contributed by atoms with Crippen molar-refractivity contribution in [1.29, 1.82) is 0 Å². The van der Waals surface area contributed by atoms with Crippen molar-refractivity contribution in [2.24, 2.45) is 5.73 Å². The lowest BCUT2D eigenvalue weighted by molar-refractivity contribution is 0.414. The van der Waals surface area contributed by atoms with Gasteiger partial charge in [-0.15, -0.1) is 0 Å². The molecule has 0 fully saturated rings. The summed E-state index contributed by atoms with van der Waals surface area (Å²) < 4.78 is 30.6. The summed E-state index contributed by atoms with van der Waals surface area (Å²) in [5.74, 6) is 0.619. The standard InChI is InChI=1S/C16H19NO3S/c1-12-4-3-5-13(10-12)16(11-17)21(18,19)15-8-6-14(20-2)7-9-15/h3-10,16H,11,17H2,1-2H3/t16-/m1/s1. The molecule has 0 aliphatic carbocycles. The maximum absolute atomic E-state index is 12.8. The van der Waals surface area contributed by atoms with Crippen LogP contribution in [0.2, 0.25) is 0 Å². The Morgan fingerprint density at radius 2 is 1.81 bits per heavy atom. The van der Waals surface area contributed by atoms with Crippen molar-refractivity contribution in [2.75, 3.05) is 13.7 Å². The molecular formula is C16H19NO3S. The zero-order valence-corrected chi connectivity index (χ0v) is 12.9. The van der Waals surface area contributed by atoms with Crippen LogP contribution >= 0.6 is 0 Å². The highest BCUT2D eigenvalue weighted by Crippen LogP contribution is 2.29. The Morgan fingerprint density at radius 1 is 1.14 bits per heavy atom. The fourth-order valence-corrected chi connectivity index (χ4v) is 3.84. The number of benzene rings is 2. The van der Waals surface area contributed by atoms with E-state index in [1.165, 1.54) is 0 Å². The molecule has 112 valence electrons. The quantitative estimate of drug-likeness (QED) is 0.921. The van der Waals surface area contributed by atoms with Crippen molar-refractivity contribution in [3.63, 3.8) is 0 Å². The number of ether oxygens (including phenoxy) is 1. The van der Waals surface area contributed by atoms with E-state index in [1.54, 1.807) is 37.4 Å². The van der Waals surface area contributed by atoms with Crippen LogP contribution in [0.1, 0.15) is 16.4 Å². The monoisotopic (exact) mass is 305 g/mol. The molecule has 0 aliphatic rings. The lowest BCUT2D eigenvalue weighted by Gasteiger charge is -2.17. The fraction of sp³-hybridized carbons (Fsp3) is 0.250. The first-order chi connectivity index (χ1) is 9.98. The van der Waals surface area contributed by atoms with Gasteiger partial charge in [-0.1, -0.05) is 29.8 Å². The number of hydrogen-bond acceptors (Lipinski definition) is 4. The van der Waals surface area contributed by atoms with Crippen molar-refractivity contribution >= 4 is 9.84 Å². The van der Waals surface area contributed by atoms with E-state index in [9.17, 15) is 8.42 Å². The molecule has 0 radical (unpaired) electrons. The maximum Gasteiger partial charge on any atom is 0.186 e. The van der Waals surface area contributed by atoms with E-state index in [1.807, 2.05) is 25.1 Å². The molecule has 0 aromatic heterocycles. The Bertz CT molecular complexity index is 709. The first kappa shape index (κ1) is 15.5. The molecule has 21 heavy (non-hydrogen) atoms. The van der Waals surface area contributed by atoms with Crippen LogP contribution in [0.25, 0.3) is 0 Å². The first-order valence-electron chi connectivity index (χ1n) is 6.63. The van der Waals surface area contributed by atoms with Crippen LogP contribution in [0.15, 0.2) is 53.4 Å². The van der Waals surface area contributed by atoms with Crippen LogP contribution in [-0.2, 0) is 9.84 Å². The van der Waals surface area contributed by atoms with Crippen LogP contribution < -0.4 is 10.5 Å². The second-order valence-corrected chi connectivity index (χ2v) is 6.99. The molecule has 0 amide bonds. The molecule has 2 aromatic rings. The van der Waals surface area contributed by atoms with Crippen molar-refractivity contribution in [3.05, 3.63) is 59.7 Å². The van der Waals surface area contributed by atoms with Gasteiger partial charge >= 0.3 is 0 Å². The summed E-state index contributed by atoms with van der Waals surface area (Å²) in [4.78, 5) is 0.250. The molecule has 2 rings (SSSR count). The lowest BCUT2D eigenvalue weighted by Crippen LogP contribution is -2.22. The third kappa shape index (κ3) is 3.25. The highest BCUT2D eigenvalue weighted by atomic mass is 32.2. The topological polar surface area (TPSA) is 69.4 Å². The predicted molar refractivity (Wildman–Crippen MR) is 83.2 cm³/mol. The highest BCUT2D eigenvalue weighted by Gasteiger charge is 2.27. The third-order valence-corrected chi connectivity index (χ3v) is 5.53. The van der Waals surface area contributed by atoms with Gasteiger partial charge in [0.15, 0.2) is 9.84 Å². The van der Waals surface area contributed by atoms with Crippen LogP contribution in [0, 0.1) is 6.92 Å². The van der Waals surface area contributed by atoms with E-state index in [2.05, 4.69) is 0 Å². The van der Waals surface area contributed by atoms with Gasteiger partial charge in [0, 0.05) is 6.54 Å². The van der Waals surface area contributed by atoms with Gasteiger partial charge in [0.1, 0.15) is 11.0 Å². The summed E-state index contributed by atoms with van der Waals surface area (Å²) in [5, 5.41) is -0.745. The fourth-order valence-electron chi connectivity index (χ4n) is 2.24. The number of sulfone groups is 1. The molecule has 2 aromatic carbocycles. The lowest BCUT2D eigenvalue weighted by atomic mass is 10.1. The van der Waals surface area contributed by atoms with Gasteiger partial charge in [-0.05, 0) is 36.8 Å². The molecule has 0 saturated heterocycles. The van der Waals surface area contributed by atoms with Gasteiger partial charge in [0.05, 0.1) is 12.0 Å². The van der Waals surface area contributed by atoms with E-state index in [-0.39, 0.29) is 11.4 Å². The average Bonchev–Trinajstić information content (AvgIpc) is 2.48. The summed E-state index contributed by atoms with van der Waals surface area (Å²) in [6, 6.07) is 13.8. The minimum absolute atomic E-state index is 0.0395. The summed E-state index contributed by atoms with van der Waals surface area (Å²) in [7, 11) is -1.99. The minimum Gasteiger partial charge on any atom is -0.497 e. The molecule has 1 atom stereocenters. The zero-order valence-electron chi connectivity index (χ0n) is 12.1. The van der Waals surface area contributed by atoms with Gasteiger partial charge in [0.2, 0.25) is 0 Å². The molecule has 0 saturated carbocycles. The molecule has 0 aliphatic heterocycles. The molecule has 0 spiro atoms. The maximum atomic E-state index is 12.8. The van der Waals surface area contributed by atoms with Gasteiger partial charge in [-0.2, -0.15) is 0 Å². The molecule has 5 heteroatoms. The molecule has 0 unspecified atom stereocenters. The average molecular weight is 305 g/mol. The van der Waals surface area contributed by atoms with Crippen molar-refractivity contribution < 1.29 is 13.2 Å². The number of aryl methyl sites for hydroxylation is 1. The second kappa shape index (κ2) is 6.28. The predicted octanol–water partition coefficient (Wildman–Crippen LogP) is 2.48. The minimum atomic E-state index is -3.53. The van der Waals surface area contributed by atoms with Crippen LogP contribution in [-0.4, -0.2) is 22.1 Å². The smallest absolute Gasteiger partial charge is 0.186 e. The molecule has 4 nitrogen and oxygen atoms in total. The van der Waals surface area contributed by atoms with E-state index in [0.29, 0.717) is 11.3 Å². The Hall–Kier alpha value is -1.85. The summed E-state index contributed by atoms with van der Waals surface area (Å²) in [5.41, 5.74) is 7.46. The van der Waals surface area contributed by atoms with E-state index >= 15 is 0 Å². The van der Waals surface area contributed by atoms with Crippen LogP contribution in [0.3, 0.4) is 0 Å². The Kier molecular flexibility index (Phi) is 4.65. The number of methoxy groups -OCH3 is 1. The first-order valence-corrected chi connectivity index (χ1v) is 8.18. The number of nitrogens with two attached hydrogens (primary N) is 1. The van der Waals surface area contributed by atoms with E-state index < -0.39 is 15.1 Å². The normalized spacial score (nSPS) is 12.9. The van der Waals surface area contributed by atoms with E-state index in [0.717, 1.165) is 5.56 Å².